The van der Waals surface area contributed by atoms with Gasteiger partial charge in [-0.05, 0) is 175 Å². The minimum atomic E-state index is -0.482. The molecule has 0 saturated heterocycles. The topological polar surface area (TPSA) is 167 Å². The van der Waals surface area contributed by atoms with Gasteiger partial charge in [-0.25, -0.2) is 14.5 Å². The van der Waals surface area contributed by atoms with Crippen molar-refractivity contribution in [2.24, 2.45) is 0 Å². The number of esters is 2. The van der Waals surface area contributed by atoms with Gasteiger partial charge in [0.1, 0.15) is 29.1 Å². The molecule has 1 aliphatic rings. The van der Waals surface area contributed by atoms with E-state index in [4.69, 9.17) is 34.4 Å². The molecule has 75 heavy (non-hydrogen) atoms. The van der Waals surface area contributed by atoms with Crippen LogP contribution in [0, 0.1) is 0 Å². The van der Waals surface area contributed by atoms with Crippen LogP contribution in [0.1, 0.15) is 136 Å². The molecule has 0 amide bonds. The van der Waals surface area contributed by atoms with E-state index in [2.05, 4.69) is 48.4 Å². The fourth-order valence-corrected chi connectivity index (χ4v) is 5.91. The van der Waals surface area contributed by atoms with Gasteiger partial charge in [0.25, 0.3) is 0 Å². The number of carbonyl (C=O) groups excluding carboxylic acids is 3. The van der Waals surface area contributed by atoms with E-state index in [9.17, 15) is 14.4 Å². The zero-order valence-corrected chi connectivity index (χ0v) is 49.6. The summed E-state index contributed by atoms with van der Waals surface area (Å²) in [6.45, 7) is 27.9. The van der Waals surface area contributed by atoms with E-state index in [0.29, 0.717) is 55.3 Å². The van der Waals surface area contributed by atoms with Crippen LogP contribution < -0.4 is 9.47 Å². The number of ether oxygens (including phenoxy) is 5. The van der Waals surface area contributed by atoms with E-state index >= 15 is 0 Å². The van der Waals surface area contributed by atoms with Gasteiger partial charge in [-0.2, -0.15) is 0 Å². The van der Waals surface area contributed by atoms with Crippen LogP contribution in [0.2, 0.25) is 0 Å². The van der Waals surface area contributed by atoms with Gasteiger partial charge in [-0.3, -0.25) is 10.1 Å². The molecular weight excluding hydrogens is 1030 g/mol. The van der Waals surface area contributed by atoms with Gasteiger partial charge in [0, 0.05) is 46.4 Å². The Morgan fingerprint density at radius 1 is 0.760 bits per heavy atom. The summed E-state index contributed by atoms with van der Waals surface area (Å²) in [7, 11) is 1.55. The molecule has 1 aliphatic carbocycles. The summed E-state index contributed by atoms with van der Waals surface area (Å²) in [6.07, 6.45) is 28.1. The normalized spacial score (nSPS) is 11.9. The van der Waals surface area contributed by atoms with Gasteiger partial charge >= 0.3 is 11.9 Å². The number of allylic oxidation sites excluding steroid dienone is 10. The smallest absolute Gasteiger partial charge is 0.343 e. The third kappa shape index (κ3) is 40.9. The molecule has 0 atom stereocenters. The molecule has 1 radical (unpaired) electrons. The summed E-state index contributed by atoms with van der Waals surface area (Å²) in [5.74, 6) is 1.57. The molecule has 0 aromatic heterocycles. The van der Waals surface area contributed by atoms with Crippen molar-refractivity contribution in [2.75, 3.05) is 46.8 Å². The largest absolute Gasteiger partial charge is 0.494 e. The third-order valence-electron chi connectivity index (χ3n) is 9.56. The number of rotatable bonds is 26. The first-order valence-electron chi connectivity index (χ1n) is 25.7. The summed E-state index contributed by atoms with van der Waals surface area (Å²) in [5.41, 5.74) is 3.48. The van der Waals surface area contributed by atoms with E-state index in [1.807, 2.05) is 127 Å². The molecule has 0 saturated carbocycles. The average Bonchev–Trinajstić information content (AvgIpc) is 3.40. The van der Waals surface area contributed by atoms with Crippen molar-refractivity contribution in [3.8, 4) is 11.5 Å². The maximum atomic E-state index is 12.6. The van der Waals surface area contributed by atoms with Crippen LogP contribution in [0.15, 0.2) is 158 Å². The van der Waals surface area contributed by atoms with Crippen molar-refractivity contribution in [1.82, 2.24) is 0 Å². The molecule has 13 heteroatoms. The second-order valence-corrected chi connectivity index (χ2v) is 17.2. The van der Waals surface area contributed by atoms with Gasteiger partial charge in [-0.1, -0.05) is 114 Å². The summed E-state index contributed by atoms with van der Waals surface area (Å²) in [4.78, 5) is 38.1. The van der Waals surface area contributed by atoms with Gasteiger partial charge in [0.15, 0.2) is 0 Å². The molecule has 3 aromatic rings. The summed E-state index contributed by atoms with van der Waals surface area (Å²) in [5, 5.41) is 27.0. The number of hydrogen-bond donors (Lipinski definition) is 3. The van der Waals surface area contributed by atoms with E-state index in [1.54, 1.807) is 32.3 Å². The Balaban J connectivity index is -0.00000107. The predicted molar refractivity (Wildman–Crippen MR) is 304 cm³/mol. The molecule has 3 aromatic carbocycles. The summed E-state index contributed by atoms with van der Waals surface area (Å²) < 4.78 is 27.1. The molecule has 0 fully saturated rings. The first kappa shape index (κ1) is 74.2. The number of carbonyl (C=O) groups is 3. The molecule has 0 unspecified atom stereocenters. The second-order valence-electron chi connectivity index (χ2n) is 17.2. The van der Waals surface area contributed by atoms with Gasteiger partial charge < -0.3 is 33.9 Å². The Bertz CT molecular complexity index is 2150. The SMILES string of the molecule is C/C=C\Cc1ccc(OC(=O)c2ccc3cc(OCCCCCCOO)ccc3c2)cc1.C=C(C)C=O.C=CC=C.CC.CC/C=C(\C=C1\C=CC(C(=O)OC(C)(C)C)=CC1)OCCCCCCO.COCCO.[Y]. The molecule has 0 spiro atoms. The number of methoxy groups -OCH3 is 1. The van der Waals surface area contributed by atoms with E-state index in [-0.39, 0.29) is 57.9 Å². The second kappa shape index (κ2) is 49.8. The Morgan fingerprint density at radius 2 is 1.35 bits per heavy atom. The van der Waals surface area contributed by atoms with Crippen LogP contribution in [0.4, 0.5) is 0 Å². The fraction of sp³-hybridized carbons (Fsp3) is 0.435. The van der Waals surface area contributed by atoms with Crippen molar-refractivity contribution in [3.63, 3.8) is 0 Å². The molecule has 3 N–H and O–H groups in total. The van der Waals surface area contributed by atoms with Crippen molar-refractivity contribution < 1.29 is 91.1 Å². The average molecular weight is 1120 g/mol. The summed E-state index contributed by atoms with van der Waals surface area (Å²) >= 11 is 0. The fourth-order valence-electron chi connectivity index (χ4n) is 5.91. The standard InChI is InChI=1S/C27H30O5.C22H34O4.C4H6O.C4H6.C3H8O2.C2H6.Y/c1-2-3-8-21-9-14-25(15-10-21)32-27(28)24-12-11-23-20-26(16-13-22(23)19-24)30-17-6-4-5-7-18-31-29;1-5-10-20(25-16-9-7-6-8-15-23)17-18-11-13-19(14-12-18)21(24)26-22(2,3)4;1-4(2)3-5;1-3-4-2;1-5-3-2-4;1-2;/h2-3,9-16,19-20,29H,4-8,17-18H2,1H3;10-11,13-14,17,23H,5-9,12,15-16H2,1-4H3;3H,1H2,2H3;3-4H,1-2H2;4H,2-3H2,1H3;1-2H3;/b3-2-;18-17-,20-10+;;;;;. The quantitative estimate of drug-likeness (QED) is 0.00666. The molecular formula is C62H90O12Y. The van der Waals surface area contributed by atoms with Gasteiger partial charge in [0.2, 0.25) is 0 Å². The van der Waals surface area contributed by atoms with E-state index < -0.39 is 5.60 Å². The number of benzene rings is 3. The van der Waals surface area contributed by atoms with Crippen LogP contribution in [0.5, 0.6) is 11.5 Å². The van der Waals surface area contributed by atoms with E-state index in [0.717, 1.165) is 98.3 Å². The minimum Gasteiger partial charge on any atom is -0.494 e. The first-order chi connectivity index (χ1) is 35.6. The van der Waals surface area contributed by atoms with Gasteiger partial charge in [-0.15, -0.1) is 0 Å². The molecule has 4 rings (SSSR count). The number of aliphatic hydroxyl groups is 2. The maximum Gasteiger partial charge on any atom is 0.343 e. The molecule has 0 heterocycles. The van der Waals surface area contributed by atoms with Crippen molar-refractivity contribution in [3.05, 3.63) is 169 Å². The Morgan fingerprint density at radius 3 is 1.85 bits per heavy atom. The number of fused-ring (bicyclic) bond motifs is 1. The number of aliphatic hydroxyl groups excluding tert-OH is 2. The van der Waals surface area contributed by atoms with Crippen molar-refractivity contribution in [1.29, 1.82) is 0 Å². The van der Waals surface area contributed by atoms with Crippen LogP contribution in [-0.2, 0) is 67.8 Å². The van der Waals surface area contributed by atoms with E-state index in [1.165, 1.54) is 5.56 Å². The van der Waals surface area contributed by atoms with Crippen LogP contribution >= 0.6 is 0 Å². The number of hydrogen-bond acceptors (Lipinski definition) is 12. The zero-order valence-electron chi connectivity index (χ0n) is 46.8. The zero-order chi connectivity index (χ0) is 55.8. The Kier molecular flexibility index (Phi) is 49.3. The minimum absolute atomic E-state index is 0. The van der Waals surface area contributed by atoms with Crippen LogP contribution in [0.3, 0.4) is 0 Å². The Labute approximate surface area is 475 Å². The monoisotopic (exact) mass is 1120 g/mol. The number of aldehydes is 1. The van der Waals surface area contributed by atoms with Crippen molar-refractivity contribution in [2.45, 2.75) is 132 Å². The van der Waals surface area contributed by atoms with Crippen molar-refractivity contribution >= 4 is 29.0 Å². The van der Waals surface area contributed by atoms with Crippen LogP contribution in [0.25, 0.3) is 10.8 Å². The maximum absolute atomic E-state index is 12.6. The molecule has 0 bridgehead atoms. The summed E-state index contributed by atoms with van der Waals surface area (Å²) in [6, 6.07) is 19.0. The first-order valence-corrected chi connectivity index (χ1v) is 25.7. The number of unbranched alkanes of at least 4 members (excludes halogenated alkanes) is 6. The Hall–Kier alpha value is -5.05. The third-order valence-corrected chi connectivity index (χ3v) is 9.56. The predicted octanol–water partition coefficient (Wildman–Crippen LogP) is 14.4. The molecule has 0 aliphatic heterocycles. The van der Waals surface area contributed by atoms with Gasteiger partial charge in [0.05, 0.1) is 44.2 Å². The molecule has 12 nitrogen and oxygen atoms in total. The van der Waals surface area contributed by atoms with Crippen LogP contribution in [-0.4, -0.2) is 86.0 Å². The molecule has 413 valence electrons.